The van der Waals surface area contributed by atoms with Gasteiger partial charge in [-0.3, -0.25) is 9.69 Å². The quantitative estimate of drug-likeness (QED) is 0.555. The Labute approximate surface area is 60.6 Å². The summed E-state index contributed by atoms with van der Waals surface area (Å²) in [5, 5.41) is 8.68. The number of rotatable bonds is 3. The lowest BCUT2D eigenvalue weighted by molar-refractivity contribution is -0.148. The Bertz CT molecular complexity index is 136. The van der Waals surface area contributed by atoms with Gasteiger partial charge in [-0.2, -0.15) is 0 Å². The predicted molar refractivity (Wildman–Crippen MR) is 38.8 cm³/mol. The molecule has 0 aliphatic heterocycles. The molecule has 0 heterocycles. The number of carboxylic acid groups (broad SMARTS) is 1. The zero-order chi connectivity index (χ0) is 8.36. The molecule has 0 aromatic rings. The summed E-state index contributed by atoms with van der Waals surface area (Å²) in [5.74, 6) is -0.889. The summed E-state index contributed by atoms with van der Waals surface area (Å²) in [6.45, 7) is 1.71. The molecule has 0 fully saturated rings. The second kappa shape index (κ2) is 2.98. The smallest absolute Gasteiger partial charge is 0.325 e. The molecule has 3 N–H and O–H groups in total. The summed E-state index contributed by atoms with van der Waals surface area (Å²) < 4.78 is 0. The maximum absolute atomic E-state index is 10.6. The molecular weight excluding hydrogens is 132 g/mol. The van der Waals surface area contributed by atoms with Gasteiger partial charge in [0.15, 0.2) is 0 Å². The fourth-order valence-corrected chi connectivity index (χ4v) is 0.461. The first-order chi connectivity index (χ1) is 4.45. The van der Waals surface area contributed by atoms with Crippen LogP contribution in [0.3, 0.4) is 0 Å². The topological polar surface area (TPSA) is 66.6 Å². The number of nitrogens with zero attached hydrogens (tertiary/aromatic N) is 1. The number of aliphatic carboxylic acids is 1. The van der Waals surface area contributed by atoms with E-state index in [2.05, 4.69) is 0 Å². The largest absolute Gasteiger partial charge is 0.480 e. The molecule has 10 heavy (non-hydrogen) atoms. The van der Waals surface area contributed by atoms with Crippen molar-refractivity contribution in [1.29, 1.82) is 0 Å². The molecule has 0 rings (SSSR count). The summed E-state index contributed by atoms with van der Waals surface area (Å²) in [6.07, 6.45) is 0. The van der Waals surface area contributed by atoms with Gasteiger partial charge in [0.2, 0.25) is 0 Å². The molecule has 0 saturated carbocycles. The normalized spacial score (nSPS) is 16.9. The molecule has 0 amide bonds. The van der Waals surface area contributed by atoms with Crippen molar-refractivity contribution in [3.8, 4) is 0 Å². The Balaban J connectivity index is 4.38. The van der Waals surface area contributed by atoms with Crippen molar-refractivity contribution >= 4 is 5.97 Å². The first-order valence-electron chi connectivity index (χ1n) is 3.06. The lowest BCUT2D eigenvalue weighted by Crippen LogP contribution is -2.53. The summed E-state index contributed by atoms with van der Waals surface area (Å²) in [7, 11) is 3.39. The lowest BCUT2D eigenvalue weighted by atomic mass is 10.0. The number of nitrogens with two attached hydrogens (primary N) is 1. The second-order valence-electron chi connectivity index (χ2n) is 2.68. The van der Waals surface area contributed by atoms with E-state index in [-0.39, 0.29) is 6.54 Å². The first-order valence-corrected chi connectivity index (χ1v) is 3.06. The summed E-state index contributed by atoms with van der Waals surface area (Å²) in [5.41, 5.74) is 4.36. The molecule has 0 radical (unpaired) electrons. The van der Waals surface area contributed by atoms with E-state index in [1.807, 2.05) is 0 Å². The highest BCUT2D eigenvalue weighted by atomic mass is 16.4. The fourth-order valence-electron chi connectivity index (χ4n) is 0.461. The van der Waals surface area contributed by atoms with Crippen LogP contribution in [0, 0.1) is 0 Å². The third kappa shape index (κ3) is 1.46. The van der Waals surface area contributed by atoms with Gasteiger partial charge in [0, 0.05) is 6.54 Å². The molecule has 4 nitrogen and oxygen atoms in total. The SMILES string of the molecule is CN(C)C(C)(CN)C(=O)O. The van der Waals surface area contributed by atoms with Crippen molar-refractivity contribution in [2.75, 3.05) is 20.6 Å². The van der Waals surface area contributed by atoms with Crippen LogP contribution in [0.4, 0.5) is 0 Å². The third-order valence-corrected chi connectivity index (χ3v) is 1.85. The van der Waals surface area contributed by atoms with Gasteiger partial charge in [-0.15, -0.1) is 0 Å². The summed E-state index contributed by atoms with van der Waals surface area (Å²) in [4.78, 5) is 12.2. The van der Waals surface area contributed by atoms with Crippen LogP contribution in [0.5, 0.6) is 0 Å². The van der Waals surface area contributed by atoms with Gasteiger partial charge >= 0.3 is 5.97 Å². The average Bonchev–Trinajstić information content (AvgIpc) is 1.85. The average molecular weight is 146 g/mol. The molecule has 0 aliphatic carbocycles. The van der Waals surface area contributed by atoms with Crippen LogP contribution >= 0.6 is 0 Å². The van der Waals surface area contributed by atoms with E-state index >= 15 is 0 Å². The first kappa shape index (κ1) is 9.39. The highest BCUT2D eigenvalue weighted by molar-refractivity contribution is 5.78. The van der Waals surface area contributed by atoms with Crippen LogP contribution in [-0.2, 0) is 4.79 Å². The minimum absolute atomic E-state index is 0.120. The van der Waals surface area contributed by atoms with Gasteiger partial charge in [-0.25, -0.2) is 0 Å². The van der Waals surface area contributed by atoms with Crippen LogP contribution in [0.15, 0.2) is 0 Å². The maximum Gasteiger partial charge on any atom is 0.325 e. The molecule has 0 saturated heterocycles. The molecule has 0 spiro atoms. The molecular formula is C6H14N2O2. The highest BCUT2D eigenvalue weighted by Gasteiger charge is 2.33. The summed E-state index contributed by atoms with van der Waals surface area (Å²) in [6, 6.07) is 0. The third-order valence-electron chi connectivity index (χ3n) is 1.85. The van der Waals surface area contributed by atoms with E-state index < -0.39 is 11.5 Å². The monoisotopic (exact) mass is 146 g/mol. The van der Waals surface area contributed by atoms with Gasteiger partial charge in [0.1, 0.15) is 5.54 Å². The molecule has 1 unspecified atom stereocenters. The van der Waals surface area contributed by atoms with Crippen LogP contribution in [0.25, 0.3) is 0 Å². The predicted octanol–water partition coefficient (Wildman–Crippen LogP) is -0.650. The van der Waals surface area contributed by atoms with E-state index in [4.69, 9.17) is 10.8 Å². The molecule has 0 aliphatic rings. The fraction of sp³-hybridized carbons (Fsp3) is 0.833. The van der Waals surface area contributed by atoms with E-state index in [0.29, 0.717) is 0 Å². The Morgan fingerprint density at radius 3 is 2.10 bits per heavy atom. The van der Waals surface area contributed by atoms with E-state index in [1.165, 1.54) is 0 Å². The Kier molecular flexibility index (Phi) is 2.80. The Hall–Kier alpha value is -0.610. The van der Waals surface area contributed by atoms with E-state index in [9.17, 15) is 4.79 Å². The van der Waals surface area contributed by atoms with E-state index in [1.54, 1.807) is 25.9 Å². The van der Waals surface area contributed by atoms with Gasteiger partial charge < -0.3 is 10.8 Å². The van der Waals surface area contributed by atoms with Crippen LogP contribution in [0.2, 0.25) is 0 Å². The number of hydrogen-bond donors (Lipinski definition) is 2. The van der Waals surface area contributed by atoms with E-state index in [0.717, 1.165) is 0 Å². The van der Waals surface area contributed by atoms with Crippen molar-refractivity contribution in [2.45, 2.75) is 12.5 Å². The van der Waals surface area contributed by atoms with Crippen molar-refractivity contribution in [2.24, 2.45) is 5.73 Å². The summed E-state index contributed by atoms with van der Waals surface area (Å²) >= 11 is 0. The standard InChI is InChI=1S/C6H14N2O2/c1-6(4-7,5(9)10)8(2)3/h4,7H2,1-3H3,(H,9,10). The second-order valence-corrected chi connectivity index (χ2v) is 2.68. The highest BCUT2D eigenvalue weighted by Crippen LogP contribution is 2.08. The Morgan fingerprint density at radius 2 is 2.10 bits per heavy atom. The minimum atomic E-state index is -0.931. The van der Waals surface area contributed by atoms with Crippen molar-refractivity contribution in [3.05, 3.63) is 0 Å². The molecule has 60 valence electrons. The van der Waals surface area contributed by atoms with Gasteiger partial charge in [0.05, 0.1) is 0 Å². The molecule has 0 aromatic carbocycles. The molecule has 0 bridgehead atoms. The zero-order valence-corrected chi connectivity index (χ0v) is 6.59. The Morgan fingerprint density at radius 1 is 1.70 bits per heavy atom. The van der Waals surface area contributed by atoms with Crippen LogP contribution < -0.4 is 5.73 Å². The van der Waals surface area contributed by atoms with Crippen molar-refractivity contribution in [3.63, 3.8) is 0 Å². The maximum atomic E-state index is 10.6. The minimum Gasteiger partial charge on any atom is -0.480 e. The van der Waals surface area contributed by atoms with Gasteiger partial charge in [-0.05, 0) is 21.0 Å². The van der Waals surface area contributed by atoms with Crippen LogP contribution in [-0.4, -0.2) is 42.2 Å². The molecule has 4 heteroatoms. The molecule has 1 atom stereocenters. The number of hydrogen-bond acceptors (Lipinski definition) is 3. The van der Waals surface area contributed by atoms with Crippen LogP contribution in [0.1, 0.15) is 6.92 Å². The number of carbonyl (C=O) groups is 1. The van der Waals surface area contributed by atoms with Crippen molar-refractivity contribution < 1.29 is 9.90 Å². The van der Waals surface area contributed by atoms with Crippen molar-refractivity contribution in [1.82, 2.24) is 4.90 Å². The lowest BCUT2D eigenvalue weighted by Gasteiger charge is -2.30. The van der Waals surface area contributed by atoms with Gasteiger partial charge in [0.25, 0.3) is 0 Å². The van der Waals surface area contributed by atoms with Gasteiger partial charge in [-0.1, -0.05) is 0 Å². The number of likely N-dealkylation sites (N-methyl/N-ethyl adjacent to an activating group) is 1. The molecule has 0 aromatic heterocycles. The zero-order valence-electron chi connectivity index (χ0n) is 6.59. The number of carboxylic acids is 1.